The smallest absolute Gasteiger partial charge is 0.288 e. The SMILES string of the molecule is O=C(NCC(c1ccsc1)N1CCCCC1)c1ccc(Cl)c([N+](=O)[O-])c1. The Morgan fingerprint density at radius 1 is 1.31 bits per heavy atom. The summed E-state index contributed by atoms with van der Waals surface area (Å²) in [4.78, 5) is 25.3. The molecule has 1 saturated heterocycles. The summed E-state index contributed by atoms with van der Waals surface area (Å²) in [7, 11) is 0. The number of carbonyl (C=O) groups is 1. The monoisotopic (exact) mass is 393 g/mol. The van der Waals surface area contributed by atoms with Crippen molar-refractivity contribution in [2.24, 2.45) is 0 Å². The van der Waals surface area contributed by atoms with Crippen molar-refractivity contribution >= 4 is 34.5 Å². The molecule has 1 aromatic carbocycles. The van der Waals surface area contributed by atoms with Crippen LogP contribution in [0.5, 0.6) is 0 Å². The average molecular weight is 394 g/mol. The standard InChI is InChI=1S/C18H20ClN3O3S/c19-15-5-4-13(10-16(15)22(24)25)18(23)20-11-17(14-6-9-26-12-14)21-7-2-1-3-8-21/h4-6,9-10,12,17H,1-3,7-8,11H2,(H,20,23). The number of rotatable bonds is 6. The van der Waals surface area contributed by atoms with Gasteiger partial charge in [-0.05, 0) is 60.5 Å². The van der Waals surface area contributed by atoms with Gasteiger partial charge in [-0.25, -0.2) is 0 Å². The van der Waals surface area contributed by atoms with Crippen molar-refractivity contribution in [3.8, 4) is 0 Å². The number of piperidine rings is 1. The molecule has 0 radical (unpaired) electrons. The highest BCUT2D eigenvalue weighted by Gasteiger charge is 2.24. The number of thiophene rings is 1. The van der Waals surface area contributed by atoms with Gasteiger partial charge < -0.3 is 5.32 Å². The minimum Gasteiger partial charge on any atom is -0.350 e. The Balaban J connectivity index is 1.71. The molecule has 2 heterocycles. The van der Waals surface area contributed by atoms with E-state index in [4.69, 9.17) is 11.6 Å². The zero-order valence-electron chi connectivity index (χ0n) is 14.2. The van der Waals surface area contributed by atoms with E-state index in [0.717, 1.165) is 25.9 Å². The third kappa shape index (κ3) is 4.41. The second-order valence-electron chi connectivity index (χ2n) is 6.30. The fourth-order valence-electron chi connectivity index (χ4n) is 3.24. The van der Waals surface area contributed by atoms with Crippen LogP contribution in [0.2, 0.25) is 5.02 Å². The van der Waals surface area contributed by atoms with Gasteiger partial charge in [0.25, 0.3) is 11.6 Å². The molecule has 1 amide bonds. The minimum atomic E-state index is -0.582. The Labute approximate surface area is 160 Å². The van der Waals surface area contributed by atoms with Crippen LogP contribution in [0.15, 0.2) is 35.0 Å². The zero-order chi connectivity index (χ0) is 18.5. The Kier molecular flexibility index (Phi) is 6.24. The van der Waals surface area contributed by atoms with Crippen LogP contribution in [0.4, 0.5) is 5.69 Å². The van der Waals surface area contributed by atoms with Crippen molar-refractivity contribution in [3.05, 3.63) is 61.3 Å². The van der Waals surface area contributed by atoms with Crippen molar-refractivity contribution in [2.45, 2.75) is 25.3 Å². The number of nitrogens with one attached hydrogen (secondary N) is 1. The highest BCUT2D eigenvalue weighted by molar-refractivity contribution is 7.07. The lowest BCUT2D eigenvalue weighted by Crippen LogP contribution is -2.40. The molecule has 0 aliphatic carbocycles. The lowest BCUT2D eigenvalue weighted by atomic mass is 10.0. The lowest BCUT2D eigenvalue weighted by Gasteiger charge is -2.34. The van der Waals surface area contributed by atoms with Gasteiger partial charge in [0.15, 0.2) is 0 Å². The van der Waals surface area contributed by atoms with Crippen molar-refractivity contribution in [3.63, 3.8) is 0 Å². The lowest BCUT2D eigenvalue weighted by molar-refractivity contribution is -0.384. The molecule has 1 N–H and O–H groups in total. The van der Waals surface area contributed by atoms with E-state index >= 15 is 0 Å². The van der Waals surface area contributed by atoms with Crippen LogP contribution < -0.4 is 5.32 Å². The van der Waals surface area contributed by atoms with Crippen LogP contribution >= 0.6 is 22.9 Å². The van der Waals surface area contributed by atoms with Crippen LogP contribution in [0.3, 0.4) is 0 Å². The third-order valence-corrected chi connectivity index (χ3v) is 5.64. The maximum absolute atomic E-state index is 12.5. The van der Waals surface area contributed by atoms with E-state index in [-0.39, 0.29) is 28.2 Å². The summed E-state index contributed by atoms with van der Waals surface area (Å²) in [5, 5.41) is 18.1. The number of carbonyl (C=O) groups excluding carboxylic acids is 1. The van der Waals surface area contributed by atoms with Gasteiger partial charge in [0.05, 0.1) is 11.0 Å². The third-order valence-electron chi connectivity index (χ3n) is 4.62. The number of likely N-dealkylation sites (tertiary alicyclic amines) is 1. The molecule has 3 rings (SSSR count). The maximum atomic E-state index is 12.5. The van der Waals surface area contributed by atoms with E-state index in [2.05, 4.69) is 21.7 Å². The molecule has 6 nitrogen and oxygen atoms in total. The first kappa shape index (κ1) is 18.8. The Hall–Kier alpha value is -1.96. The van der Waals surface area contributed by atoms with Gasteiger partial charge in [0, 0.05) is 18.2 Å². The van der Waals surface area contributed by atoms with Crippen molar-refractivity contribution in [1.82, 2.24) is 10.2 Å². The summed E-state index contributed by atoms with van der Waals surface area (Å²) in [5.41, 5.74) is 1.17. The number of benzene rings is 1. The van der Waals surface area contributed by atoms with Crippen LogP contribution in [0.1, 0.15) is 41.2 Å². The fraction of sp³-hybridized carbons (Fsp3) is 0.389. The molecule has 1 fully saturated rings. The molecular weight excluding hydrogens is 374 g/mol. The summed E-state index contributed by atoms with van der Waals surface area (Å²) in [5.74, 6) is -0.331. The first-order chi connectivity index (χ1) is 12.6. The molecule has 0 saturated carbocycles. The highest BCUT2D eigenvalue weighted by atomic mass is 35.5. The van der Waals surface area contributed by atoms with E-state index in [9.17, 15) is 14.9 Å². The van der Waals surface area contributed by atoms with Crippen LogP contribution in [-0.2, 0) is 0 Å². The number of amides is 1. The molecule has 1 aliphatic rings. The second-order valence-corrected chi connectivity index (χ2v) is 7.49. The molecule has 1 atom stereocenters. The summed E-state index contributed by atoms with van der Waals surface area (Å²) in [6.07, 6.45) is 3.57. The van der Waals surface area contributed by atoms with Crippen LogP contribution in [0, 0.1) is 10.1 Å². The van der Waals surface area contributed by atoms with Gasteiger partial charge >= 0.3 is 0 Å². The zero-order valence-corrected chi connectivity index (χ0v) is 15.8. The largest absolute Gasteiger partial charge is 0.350 e. The van der Waals surface area contributed by atoms with E-state index in [0.29, 0.717) is 6.54 Å². The number of halogens is 1. The molecule has 2 aromatic rings. The number of nitro groups is 1. The quantitative estimate of drug-likeness (QED) is 0.587. The normalized spacial score (nSPS) is 16.2. The topological polar surface area (TPSA) is 75.5 Å². The number of hydrogen-bond acceptors (Lipinski definition) is 5. The predicted molar refractivity (Wildman–Crippen MR) is 103 cm³/mol. The van der Waals surface area contributed by atoms with Gasteiger partial charge in [0.1, 0.15) is 5.02 Å². The second kappa shape index (κ2) is 8.62. The van der Waals surface area contributed by atoms with Gasteiger partial charge in [-0.3, -0.25) is 19.8 Å². The molecule has 1 aliphatic heterocycles. The summed E-state index contributed by atoms with van der Waals surface area (Å²) < 4.78 is 0. The Bertz CT molecular complexity index is 776. The molecule has 0 spiro atoms. The molecule has 26 heavy (non-hydrogen) atoms. The molecule has 1 aromatic heterocycles. The van der Waals surface area contributed by atoms with Gasteiger partial charge in [-0.1, -0.05) is 18.0 Å². The van der Waals surface area contributed by atoms with Crippen LogP contribution in [-0.4, -0.2) is 35.4 Å². The Morgan fingerprint density at radius 3 is 2.73 bits per heavy atom. The number of nitro benzene ring substituents is 1. The van der Waals surface area contributed by atoms with E-state index in [1.54, 1.807) is 11.3 Å². The van der Waals surface area contributed by atoms with Crippen molar-refractivity contribution in [2.75, 3.05) is 19.6 Å². The molecule has 8 heteroatoms. The average Bonchev–Trinajstić information content (AvgIpc) is 3.17. The molecular formula is C18H20ClN3O3S. The minimum absolute atomic E-state index is 0.0241. The molecule has 138 valence electrons. The number of hydrogen-bond donors (Lipinski definition) is 1. The maximum Gasteiger partial charge on any atom is 0.288 e. The predicted octanol–water partition coefficient (Wildman–Crippen LogP) is 4.27. The Morgan fingerprint density at radius 2 is 2.08 bits per heavy atom. The van der Waals surface area contributed by atoms with Gasteiger partial charge in [-0.2, -0.15) is 11.3 Å². The highest BCUT2D eigenvalue weighted by Crippen LogP contribution is 2.27. The van der Waals surface area contributed by atoms with Gasteiger partial charge in [-0.15, -0.1) is 0 Å². The van der Waals surface area contributed by atoms with E-state index in [1.165, 1.54) is 30.2 Å². The van der Waals surface area contributed by atoms with Crippen LogP contribution in [0.25, 0.3) is 0 Å². The van der Waals surface area contributed by atoms with Crippen molar-refractivity contribution < 1.29 is 9.72 Å². The summed E-state index contributed by atoms with van der Waals surface area (Å²) in [6.45, 7) is 2.50. The summed E-state index contributed by atoms with van der Waals surface area (Å²) in [6, 6.07) is 6.31. The van der Waals surface area contributed by atoms with E-state index in [1.807, 2.05) is 5.38 Å². The van der Waals surface area contributed by atoms with Gasteiger partial charge in [0.2, 0.25) is 0 Å². The molecule has 0 bridgehead atoms. The first-order valence-corrected chi connectivity index (χ1v) is 9.86. The fourth-order valence-corrected chi connectivity index (χ4v) is 4.13. The summed E-state index contributed by atoms with van der Waals surface area (Å²) >= 11 is 7.45. The van der Waals surface area contributed by atoms with Crippen molar-refractivity contribution in [1.29, 1.82) is 0 Å². The van der Waals surface area contributed by atoms with E-state index < -0.39 is 4.92 Å². The number of nitrogens with zero attached hydrogens (tertiary/aromatic N) is 2. The molecule has 1 unspecified atom stereocenters. The first-order valence-electron chi connectivity index (χ1n) is 8.54.